The first-order chi connectivity index (χ1) is 6.65. The van der Waals surface area contributed by atoms with Gasteiger partial charge in [0.05, 0.1) is 0 Å². The summed E-state index contributed by atoms with van der Waals surface area (Å²) < 4.78 is 0. The van der Waals surface area contributed by atoms with E-state index in [1.807, 2.05) is 19.0 Å². The Bertz CT molecular complexity index is 155. The highest BCUT2D eigenvalue weighted by atomic mass is 16.2. The first-order valence-electron chi connectivity index (χ1n) is 5.54. The molecule has 0 rings (SSSR count). The predicted octanol–water partition coefficient (Wildman–Crippen LogP) is 1.49. The minimum Gasteiger partial charge on any atom is -0.344 e. The monoisotopic (exact) mass is 200 g/mol. The van der Waals surface area contributed by atoms with Gasteiger partial charge in [-0.3, -0.25) is 4.79 Å². The van der Waals surface area contributed by atoms with Crippen molar-refractivity contribution in [3.8, 4) is 0 Å². The summed E-state index contributed by atoms with van der Waals surface area (Å²) in [5, 5.41) is 3.04. The van der Waals surface area contributed by atoms with Crippen molar-refractivity contribution in [3.05, 3.63) is 0 Å². The quantitative estimate of drug-likeness (QED) is 0.675. The van der Waals surface area contributed by atoms with E-state index in [2.05, 4.69) is 19.2 Å². The molecule has 0 saturated carbocycles. The number of likely N-dealkylation sites (N-methyl/N-ethyl adjacent to an activating group) is 2. The molecule has 84 valence electrons. The van der Waals surface area contributed by atoms with Crippen LogP contribution in [0.5, 0.6) is 0 Å². The molecule has 0 aliphatic heterocycles. The summed E-state index contributed by atoms with van der Waals surface area (Å²) in [6, 6.07) is 0. The Kier molecular flexibility index (Phi) is 7.48. The molecule has 0 aromatic heterocycles. The average molecular weight is 200 g/mol. The number of carbonyl (C=O) groups is 1. The summed E-state index contributed by atoms with van der Waals surface area (Å²) in [6.07, 6.45) is 2.90. The van der Waals surface area contributed by atoms with Crippen molar-refractivity contribution in [2.75, 3.05) is 27.2 Å². The Hall–Kier alpha value is -0.570. The maximum Gasteiger partial charge on any atom is 0.222 e. The molecule has 1 N–H and O–H groups in total. The fourth-order valence-corrected chi connectivity index (χ4v) is 1.38. The third-order valence-electron chi connectivity index (χ3n) is 2.74. The van der Waals surface area contributed by atoms with E-state index < -0.39 is 0 Å². The molecule has 0 aromatic rings. The van der Waals surface area contributed by atoms with Crippen LogP contribution in [0, 0.1) is 5.92 Å². The standard InChI is InChI=1S/C11H24N2O/c1-5-10(6-2)9-11(14)13(4)8-7-12-3/h10,12H,5-9H2,1-4H3. The summed E-state index contributed by atoms with van der Waals surface area (Å²) >= 11 is 0. The van der Waals surface area contributed by atoms with Crippen LogP contribution in [0.1, 0.15) is 33.1 Å². The van der Waals surface area contributed by atoms with E-state index in [9.17, 15) is 4.79 Å². The van der Waals surface area contributed by atoms with Gasteiger partial charge in [-0.2, -0.15) is 0 Å². The molecule has 0 aromatic carbocycles. The summed E-state index contributed by atoms with van der Waals surface area (Å²) in [4.78, 5) is 13.5. The van der Waals surface area contributed by atoms with Crippen LogP contribution in [0.3, 0.4) is 0 Å². The second-order valence-corrected chi connectivity index (χ2v) is 3.81. The lowest BCUT2D eigenvalue weighted by atomic mass is 9.99. The number of amides is 1. The lowest BCUT2D eigenvalue weighted by molar-refractivity contribution is -0.130. The summed E-state index contributed by atoms with van der Waals surface area (Å²) in [6.45, 7) is 5.96. The van der Waals surface area contributed by atoms with E-state index in [1.165, 1.54) is 0 Å². The fourth-order valence-electron chi connectivity index (χ4n) is 1.38. The molecule has 0 fully saturated rings. The van der Waals surface area contributed by atoms with Crippen LogP contribution in [0.15, 0.2) is 0 Å². The topological polar surface area (TPSA) is 32.3 Å². The first-order valence-corrected chi connectivity index (χ1v) is 5.54. The first kappa shape index (κ1) is 13.4. The Morgan fingerprint density at radius 3 is 2.36 bits per heavy atom. The van der Waals surface area contributed by atoms with E-state index in [1.54, 1.807) is 0 Å². The minimum atomic E-state index is 0.272. The van der Waals surface area contributed by atoms with Crippen LogP contribution in [0.2, 0.25) is 0 Å². The molecule has 0 radical (unpaired) electrons. The molecule has 0 aliphatic rings. The van der Waals surface area contributed by atoms with E-state index >= 15 is 0 Å². The molecule has 0 unspecified atom stereocenters. The van der Waals surface area contributed by atoms with Crippen molar-refractivity contribution in [2.45, 2.75) is 33.1 Å². The third-order valence-corrected chi connectivity index (χ3v) is 2.74. The Morgan fingerprint density at radius 2 is 1.93 bits per heavy atom. The number of carbonyl (C=O) groups excluding carboxylic acids is 1. The van der Waals surface area contributed by atoms with Crippen LogP contribution >= 0.6 is 0 Å². The van der Waals surface area contributed by atoms with E-state index in [-0.39, 0.29) is 5.91 Å². The van der Waals surface area contributed by atoms with Gasteiger partial charge in [0.25, 0.3) is 0 Å². The van der Waals surface area contributed by atoms with Crippen molar-refractivity contribution in [1.29, 1.82) is 0 Å². The lowest BCUT2D eigenvalue weighted by Gasteiger charge is -2.19. The average Bonchev–Trinajstić information content (AvgIpc) is 2.21. The van der Waals surface area contributed by atoms with Crippen molar-refractivity contribution >= 4 is 5.91 Å². The highest BCUT2D eigenvalue weighted by Crippen LogP contribution is 2.13. The minimum absolute atomic E-state index is 0.272. The smallest absolute Gasteiger partial charge is 0.222 e. The van der Waals surface area contributed by atoms with Crippen LogP contribution in [-0.4, -0.2) is 38.0 Å². The van der Waals surface area contributed by atoms with Crippen molar-refractivity contribution < 1.29 is 4.79 Å². The Balaban J connectivity index is 3.81. The van der Waals surface area contributed by atoms with Gasteiger partial charge in [0.1, 0.15) is 0 Å². The zero-order valence-electron chi connectivity index (χ0n) is 9.97. The molecule has 14 heavy (non-hydrogen) atoms. The summed E-state index contributed by atoms with van der Waals surface area (Å²) in [5.74, 6) is 0.827. The van der Waals surface area contributed by atoms with E-state index in [0.29, 0.717) is 12.3 Å². The van der Waals surface area contributed by atoms with Crippen LogP contribution in [0.4, 0.5) is 0 Å². The van der Waals surface area contributed by atoms with Crippen molar-refractivity contribution in [3.63, 3.8) is 0 Å². The van der Waals surface area contributed by atoms with E-state index in [4.69, 9.17) is 0 Å². The van der Waals surface area contributed by atoms with Gasteiger partial charge >= 0.3 is 0 Å². The maximum absolute atomic E-state index is 11.7. The molecule has 3 heteroatoms. The van der Waals surface area contributed by atoms with Gasteiger partial charge in [-0.25, -0.2) is 0 Å². The highest BCUT2D eigenvalue weighted by Gasteiger charge is 2.13. The van der Waals surface area contributed by atoms with Gasteiger partial charge in [-0.15, -0.1) is 0 Å². The molecule has 3 nitrogen and oxygen atoms in total. The molecular weight excluding hydrogens is 176 g/mol. The Labute approximate surface area is 87.9 Å². The maximum atomic E-state index is 11.7. The lowest BCUT2D eigenvalue weighted by Crippen LogP contribution is -2.33. The molecule has 0 spiro atoms. The number of rotatable bonds is 7. The SMILES string of the molecule is CCC(CC)CC(=O)N(C)CCNC. The molecule has 0 heterocycles. The Morgan fingerprint density at radius 1 is 1.36 bits per heavy atom. The van der Waals surface area contributed by atoms with Gasteiger partial charge < -0.3 is 10.2 Å². The normalized spacial score (nSPS) is 10.6. The summed E-state index contributed by atoms with van der Waals surface area (Å²) in [5.41, 5.74) is 0. The molecule has 0 saturated heterocycles. The molecule has 0 bridgehead atoms. The zero-order chi connectivity index (χ0) is 11.0. The van der Waals surface area contributed by atoms with Gasteiger partial charge in [0.15, 0.2) is 0 Å². The fraction of sp³-hybridized carbons (Fsp3) is 0.909. The van der Waals surface area contributed by atoms with Crippen LogP contribution < -0.4 is 5.32 Å². The van der Waals surface area contributed by atoms with Gasteiger partial charge in [-0.1, -0.05) is 26.7 Å². The van der Waals surface area contributed by atoms with Gasteiger partial charge in [0.2, 0.25) is 5.91 Å². The van der Waals surface area contributed by atoms with Crippen molar-refractivity contribution in [1.82, 2.24) is 10.2 Å². The van der Waals surface area contributed by atoms with Gasteiger partial charge in [-0.05, 0) is 13.0 Å². The zero-order valence-corrected chi connectivity index (χ0v) is 9.97. The second-order valence-electron chi connectivity index (χ2n) is 3.81. The molecule has 1 amide bonds. The number of hydrogen-bond acceptors (Lipinski definition) is 2. The molecule has 0 aliphatic carbocycles. The molecule has 0 atom stereocenters. The van der Waals surface area contributed by atoms with E-state index in [0.717, 1.165) is 25.9 Å². The summed E-state index contributed by atoms with van der Waals surface area (Å²) in [7, 11) is 3.78. The van der Waals surface area contributed by atoms with Gasteiger partial charge in [0, 0.05) is 26.6 Å². The van der Waals surface area contributed by atoms with Crippen molar-refractivity contribution in [2.24, 2.45) is 5.92 Å². The number of nitrogens with one attached hydrogen (secondary N) is 1. The number of nitrogens with zero attached hydrogens (tertiary/aromatic N) is 1. The third kappa shape index (κ3) is 5.22. The van der Waals surface area contributed by atoms with Crippen LogP contribution in [0.25, 0.3) is 0 Å². The highest BCUT2D eigenvalue weighted by molar-refractivity contribution is 5.76. The van der Waals surface area contributed by atoms with Crippen LogP contribution in [-0.2, 0) is 4.79 Å². The predicted molar refractivity (Wildman–Crippen MR) is 60.3 cm³/mol. The largest absolute Gasteiger partial charge is 0.344 e. The number of hydrogen-bond donors (Lipinski definition) is 1. The second kappa shape index (κ2) is 7.80. The molecular formula is C11H24N2O.